The second kappa shape index (κ2) is 14.0. The fourth-order valence-electron chi connectivity index (χ4n) is 1.34. The lowest BCUT2D eigenvalue weighted by molar-refractivity contribution is 0.805. The van der Waals surface area contributed by atoms with Gasteiger partial charge in [-0.2, -0.15) is 0 Å². The number of unbranched alkanes of at least 4 members (excludes halogenated alkanes) is 5. The van der Waals surface area contributed by atoms with Crippen molar-refractivity contribution < 1.29 is 0 Å². The Morgan fingerprint density at radius 1 is 0.733 bits per heavy atom. The van der Waals surface area contributed by atoms with Crippen LogP contribution in [0.15, 0.2) is 24.3 Å². The summed E-state index contributed by atoms with van der Waals surface area (Å²) in [5.41, 5.74) is 0. The fraction of sp³-hybridized carbons (Fsp3) is 0.714. The molecule has 0 rings (SSSR count). The molecule has 88 valence electrons. The van der Waals surface area contributed by atoms with Crippen LogP contribution in [0.25, 0.3) is 0 Å². The molecule has 0 nitrogen and oxygen atoms in total. The van der Waals surface area contributed by atoms with Gasteiger partial charge in [0.2, 0.25) is 0 Å². The van der Waals surface area contributed by atoms with Gasteiger partial charge in [0.1, 0.15) is 0 Å². The zero-order valence-electron chi connectivity index (χ0n) is 10.1. The van der Waals surface area contributed by atoms with E-state index in [1.54, 1.807) is 0 Å². The van der Waals surface area contributed by atoms with E-state index < -0.39 is 0 Å². The molecule has 0 spiro atoms. The molecule has 0 aromatic heterocycles. The first-order valence-electron chi connectivity index (χ1n) is 6.27. The van der Waals surface area contributed by atoms with Crippen LogP contribution in [0.1, 0.15) is 58.3 Å². The van der Waals surface area contributed by atoms with Crippen LogP contribution < -0.4 is 0 Å². The third-order valence-corrected chi connectivity index (χ3v) is 2.86. The Hall–Kier alpha value is -0.0400. The largest absolute Gasteiger partial charge is 0.0928 e. The highest BCUT2D eigenvalue weighted by molar-refractivity contribution is 9.09. The van der Waals surface area contributed by atoms with E-state index in [9.17, 15) is 0 Å². The monoisotopic (exact) mass is 272 g/mol. The van der Waals surface area contributed by atoms with E-state index in [1.165, 1.54) is 51.4 Å². The van der Waals surface area contributed by atoms with Gasteiger partial charge in [0.25, 0.3) is 0 Å². The molecule has 0 aromatic rings. The van der Waals surface area contributed by atoms with Crippen LogP contribution >= 0.6 is 15.9 Å². The van der Waals surface area contributed by atoms with Gasteiger partial charge in [-0.15, -0.1) is 0 Å². The molecule has 1 heteroatoms. The van der Waals surface area contributed by atoms with Gasteiger partial charge in [0.15, 0.2) is 0 Å². The number of hydrogen-bond acceptors (Lipinski definition) is 0. The van der Waals surface area contributed by atoms with Crippen LogP contribution in [0.2, 0.25) is 0 Å². The Labute approximate surface area is 104 Å². The van der Waals surface area contributed by atoms with Gasteiger partial charge < -0.3 is 0 Å². The Morgan fingerprint density at radius 3 is 1.67 bits per heavy atom. The minimum atomic E-state index is 1.12. The van der Waals surface area contributed by atoms with Crippen LogP contribution in [0, 0.1) is 0 Å². The maximum absolute atomic E-state index is 3.43. The first kappa shape index (κ1) is 15.0. The molecule has 0 unspecified atom stereocenters. The minimum absolute atomic E-state index is 1.12. The van der Waals surface area contributed by atoms with Crippen LogP contribution in [0.4, 0.5) is 0 Å². The van der Waals surface area contributed by atoms with Gasteiger partial charge >= 0.3 is 0 Å². The van der Waals surface area contributed by atoms with E-state index in [1.807, 2.05) is 0 Å². The van der Waals surface area contributed by atoms with E-state index >= 15 is 0 Å². The van der Waals surface area contributed by atoms with E-state index in [0.717, 1.165) is 5.33 Å². The summed E-state index contributed by atoms with van der Waals surface area (Å²) in [6, 6.07) is 0. The van der Waals surface area contributed by atoms with Crippen molar-refractivity contribution in [1.82, 2.24) is 0 Å². The second-order valence-electron chi connectivity index (χ2n) is 3.85. The first-order valence-corrected chi connectivity index (χ1v) is 7.40. The molecule has 0 saturated carbocycles. The zero-order chi connectivity index (χ0) is 11.2. The van der Waals surface area contributed by atoms with Gasteiger partial charge in [-0.3, -0.25) is 0 Å². The molecule has 15 heavy (non-hydrogen) atoms. The quantitative estimate of drug-likeness (QED) is 0.275. The summed E-state index contributed by atoms with van der Waals surface area (Å²) in [7, 11) is 0. The molecular formula is C14H25Br. The highest BCUT2D eigenvalue weighted by Crippen LogP contribution is 2.02. The Morgan fingerprint density at radius 2 is 1.20 bits per heavy atom. The van der Waals surface area contributed by atoms with Gasteiger partial charge in [-0.05, 0) is 38.5 Å². The van der Waals surface area contributed by atoms with Crippen molar-refractivity contribution in [1.29, 1.82) is 0 Å². The van der Waals surface area contributed by atoms with Crippen molar-refractivity contribution >= 4 is 15.9 Å². The smallest absolute Gasteiger partial charge is 0.00342 e. The number of hydrogen-bond donors (Lipinski definition) is 0. The summed E-state index contributed by atoms with van der Waals surface area (Å²) < 4.78 is 0. The van der Waals surface area contributed by atoms with Gasteiger partial charge in [0.05, 0.1) is 0 Å². The highest BCUT2D eigenvalue weighted by atomic mass is 79.9. The average Bonchev–Trinajstić information content (AvgIpc) is 2.26. The number of alkyl halides is 1. The lowest BCUT2D eigenvalue weighted by Gasteiger charge is -1.92. The van der Waals surface area contributed by atoms with Crippen molar-refractivity contribution in [3.63, 3.8) is 0 Å². The van der Waals surface area contributed by atoms with Gasteiger partial charge in [-0.25, -0.2) is 0 Å². The van der Waals surface area contributed by atoms with Crippen molar-refractivity contribution in [2.75, 3.05) is 5.33 Å². The van der Waals surface area contributed by atoms with Crippen molar-refractivity contribution in [2.24, 2.45) is 0 Å². The standard InChI is InChI=1S/C14H25Br/c1-2-3-4-5-6-7-8-9-10-11-12-13-14-15/h5-6,10-11H,2-4,7-9,12-14H2,1H3/b6-5-,11-10-. The molecule has 0 N–H and O–H groups in total. The summed E-state index contributed by atoms with van der Waals surface area (Å²) in [4.78, 5) is 0. The Balaban J connectivity index is 3.10. The highest BCUT2D eigenvalue weighted by Gasteiger charge is 1.82. The molecule has 0 atom stereocenters. The molecule has 0 aliphatic carbocycles. The number of rotatable bonds is 10. The lowest BCUT2D eigenvalue weighted by atomic mass is 10.2. The van der Waals surface area contributed by atoms with Crippen molar-refractivity contribution in [3.8, 4) is 0 Å². The molecule has 0 amide bonds. The molecule has 0 aliphatic rings. The first-order chi connectivity index (χ1) is 7.41. The molecule has 0 aromatic carbocycles. The van der Waals surface area contributed by atoms with E-state index in [-0.39, 0.29) is 0 Å². The summed E-state index contributed by atoms with van der Waals surface area (Å²) in [5.74, 6) is 0. The summed E-state index contributed by atoms with van der Waals surface area (Å²) in [5, 5.41) is 1.12. The topological polar surface area (TPSA) is 0 Å². The van der Waals surface area contributed by atoms with Crippen LogP contribution in [0.3, 0.4) is 0 Å². The van der Waals surface area contributed by atoms with Gasteiger partial charge in [0, 0.05) is 5.33 Å². The Kier molecular flexibility index (Phi) is 13.9. The van der Waals surface area contributed by atoms with Crippen molar-refractivity contribution in [3.05, 3.63) is 24.3 Å². The molecule has 0 bridgehead atoms. The fourth-order valence-corrected chi connectivity index (χ4v) is 1.67. The van der Waals surface area contributed by atoms with Crippen molar-refractivity contribution in [2.45, 2.75) is 58.3 Å². The van der Waals surface area contributed by atoms with E-state index in [2.05, 4.69) is 47.2 Å². The predicted octanol–water partition coefficient (Wildman–Crippen LogP) is 5.63. The third kappa shape index (κ3) is 14.0. The minimum Gasteiger partial charge on any atom is -0.0928 e. The molecule has 0 fully saturated rings. The molecule has 0 radical (unpaired) electrons. The van der Waals surface area contributed by atoms with Crippen LogP contribution in [-0.2, 0) is 0 Å². The number of allylic oxidation sites excluding steroid dienone is 4. The second-order valence-corrected chi connectivity index (χ2v) is 4.64. The lowest BCUT2D eigenvalue weighted by Crippen LogP contribution is -1.73. The van der Waals surface area contributed by atoms with Crippen LogP contribution in [-0.4, -0.2) is 5.33 Å². The summed E-state index contributed by atoms with van der Waals surface area (Å²) in [6.45, 7) is 2.24. The summed E-state index contributed by atoms with van der Waals surface area (Å²) >= 11 is 3.43. The molecular weight excluding hydrogens is 248 g/mol. The third-order valence-electron chi connectivity index (χ3n) is 2.30. The van der Waals surface area contributed by atoms with Gasteiger partial charge in [-0.1, -0.05) is 60.0 Å². The normalized spacial score (nSPS) is 11.9. The summed E-state index contributed by atoms with van der Waals surface area (Å²) in [6.07, 6.45) is 19.5. The maximum atomic E-state index is 3.43. The van der Waals surface area contributed by atoms with Crippen LogP contribution in [0.5, 0.6) is 0 Å². The maximum Gasteiger partial charge on any atom is 0.00342 e. The predicted molar refractivity (Wildman–Crippen MR) is 74.7 cm³/mol. The molecule has 0 aliphatic heterocycles. The molecule has 0 heterocycles. The number of halogens is 1. The van der Waals surface area contributed by atoms with E-state index in [4.69, 9.17) is 0 Å². The Bertz CT molecular complexity index is 141. The molecule has 0 saturated heterocycles. The zero-order valence-corrected chi connectivity index (χ0v) is 11.6. The van der Waals surface area contributed by atoms with E-state index in [0.29, 0.717) is 0 Å². The average molecular weight is 273 g/mol. The SMILES string of the molecule is CCCC/C=C\CCC/C=C\CCCBr.